The summed E-state index contributed by atoms with van der Waals surface area (Å²) in [4.78, 5) is 38.8. The number of nitrogens with one attached hydrogen (secondary N) is 2. The van der Waals surface area contributed by atoms with Crippen molar-refractivity contribution in [1.82, 2.24) is 20.2 Å². The van der Waals surface area contributed by atoms with Crippen LogP contribution in [0.1, 0.15) is 73.6 Å². The number of hydrogen-bond acceptors (Lipinski definition) is 7. The van der Waals surface area contributed by atoms with E-state index in [0.717, 1.165) is 29.5 Å². The average molecular weight is 664 g/mol. The Morgan fingerprint density at radius 2 is 1.91 bits per heavy atom. The minimum Gasteiger partial charge on any atom is -0.414 e. The lowest BCUT2D eigenvalue weighted by Gasteiger charge is -2.38. The van der Waals surface area contributed by atoms with Crippen LogP contribution >= 0.6 is 11.6 Å². The van der Waals surface area contributed by atoms with Crippen LogP contribution in [0.25, 0.3) is 11.3 Å². The van der Waals surface area contributed by atoms with E-state index in [0.29, 0.717) is 47.6 Å². The highest BCUT2D eigenvalue weighted by atomic mass is 35.5. The van der Waals surface area contributed by atoms with Gasteiger partial charge in [-0.3, -0.25) is 9.59 Å². The fourth-order valence-corrected chi connectivity index (χ4v) is 6.74. The lowest BCUT2D eigenvalue weighted by molar-refractivity contribution is -0.127. The number of hydrogen-bond donors (Lipinski definition) is 2. The van der Waals surface area contributed by atoms with E-state index in [1.165, 1.54) is 0 Å². The minimum absolute atomic E-state index is 0.0505. The number of halogens is 1. The van der Waals surface area contributed by atoms with E-state index >= 15 is 0 Å². The molecule has 11 heteroatoms. The third-order valence-corrected chi connectivity index (χ3v) is 14.3. The van der Waals surface area contributed by atoms with Gasteiger partial charge in [0.05, 0.1) is 29.6 Å². The van der Waals surface area contributed by atoms with Crippen LogP contribution in [0.4, 0.5) is 5.95 Å². The Labute approximate surface area is 278 Å². The molecule has 2 aliphatic heterocycles. The molecule has 1 fully saturated rings. The topological polar surface area (TPSA) is 106 Å². The molecule has 3 aromatic rings. The Kier molecular flexibility index (Phi) is 10.2. The Hall–Kier alpha value is -3.31. The summed E-state index contributed by atoms with van der Waals surface area (Å²) < 4.78 is 12.0. The molecule has 0 spiro atoms. The molecule has 246 valence electrons. The number of fused-ring (bicyclic) bond motifs is 1. The summed E-state index contributed by atoms with van der Waals surface area (Å²) in [7, 11) is -2.22. The van der Waals surface area contributed by atoms with Gasteiger partial charge < -0.3 is 24.7 Å². The van der Waals surface area contributed by atoms with Crippen LogP contribution < -0.4 is 10.6 Å². The van der Waals surface area contributed by atoms with Crippen molar-refractivity contribution >= 4 is 37.7 Å². The highest BCUT2D eigenvalue weighted by Crippen LogP contribution is 2.37. The molecule has 3 heterocycles. The van der Waals surface area contributed by atoms with Crippen LogP contribution in [-0.4, -0.2) is 66.9 Å². The smallest absolute Gasteiger partial charge is 0.255 e. The molecular weight excluding hydrogens is 618 g/mol. The van der Waals surface area contributed by atoms with E-state index in [9.17, 15) is 9.59 Å². The molecule has 0 saturated carbocycles. The van der Waals surface area contributed by atoms with Crippen LogP contribution in [-0.2, 0) is 20.5 Å². The van der Waals surface area contributed by atoms with Crippen molar-refractivity contribution in [2.45, 2.75) is 90.3 Å². The molecule has 2 N–H and O–H groups in total. The maximum absolute atomic E-state index is 14.1. The summed E-state index contributed by atoms with van der Waals surface area (Å²) in [5, 5.41) is 6.89. The molecule has 1 saturated heterocycles. The van der Waals surface area contributed by atoms with Crippen LogP contribution in [0.5, 0.6) is 0 Å². The number of anilines is 1. The number of rotatable bonds is 10. The van der Waals surface area contributed by atoms with Gasteiger partial charge in [0.25, 0.3) is 5.91 Å². The predicted molar refractivity (Wildman–Crippen MR) is 184 cm³/mol. The zero-order valence-electron chi connectivity index (χ0n) is 27.9. The van der Waals surface area contributed by atoms with Crippen molar-refractivity contribution in [3.8, 4) is 11.3 Å². The van der Waals surface area contributed by atoms with Crippen molar-refractivity contribution < 1.29 is 18.8 Å². The fourth-order valence-electron chi connectivity index (χ4n) is 5.53. The molecule has 2 amide bonds. The summed E-state index contributed by atoms with van der Waals surface area (Å²) in [5.41, 5.74) is 4.75. The molecule has 5 rings (SSSR count). The molecule has 0 bridgehead atoms. The molecule has 1 aromatic heterocycles. The van der Waals surface area contributed by atoms with Crippen molar-refractivity contribution in [3.05, 3.63) is 75.9 Å². The SMILES string of the molecule is Cc1cccc([C@@H](C)NC(=O)C(CO[Si](C)(C)C(C)(C)C)N2Cc3ccc(-c4nc(NC5CCOCC5)ncc4Cl)cc3C2=O)c1. The number of benzene rings is 2. The van der Waals surface area contributed by atoms with Crippen LogP contribution in [0, 0.1) is 6.92 Å². The van der Waals surface area contributed by atoms with E-state index < -0.39 is 14.4 Å². The maximum Gasteiger partial charge on any atom is 0.255 e. The van der Waals surface area contributed by atoms with Crippen LogP contribution in [0.3, 0.4) is 0 Å². The van der Waals surface area contributed by atoms with Gasteiger partial charge in [0.1, 0.15) is 6.04 Å². The monoisotopic (exact) mass is 663 g/mol. The van der Waals surface area contributed by atoms with Crippen molar-refractivity contribution in [1.29, 1.82) is 0 Å². The number of carbonyl (C=O) groups is 2. The van der Waals surface area contributed by atoms with Crippen molar-refractivity contribution in [2.24, 2.45) is 0 Å². The number of aromatic nitrogens is 2. The molecule has 9 nitrogen and oxygen atoms in total. The van der Waals surface area contributed by atoms with E-state index in [1.807, 2.05) is 50.2 Å². The first kappa shape index (κ1) is 34.0. The first-order valence-electron chi connectivity index (χ1n) is 16.1. The normalized spacial score (nSPS) is 17.0. The molecule has 0 aliphatic carbocycles. The zero-order chi connectivity index (χ0) is 33.2. The first-order valence-corrected chi connectivity index (χ1v) is 19.3. The van der Waals surface area contributed by atoms with Gasteiger partial charge in [-0.05, 0) is 62.0 Å². The number of ether oxygens (including phenoxy) is 1. The molecule has 2 atom stereocenters. The maximum atomic E-state index is 14.1. The van der Waals surface area contributed by atoms with E-state index in [1.54, 1.807) is 11.1 Å². The second kappa shape index (κ2) is 13.8. The van der Waals surface area contributed by atoms with Crippen molar-refractivity contribution in [3.63, 3.8) is 0 Å². The Bertz CT molecular complexity index is 1590. The van der Waals surface area contributed by atoms with E-state index in [2.05, 4.69) is 55.5 Å². The highest BCUT2D eigenvalue weighted by molar-refractivity contribution is 6.74. The number of nitrogens with zero attached hydrogens (tertiary/aromatic N) is 3. The van der Waals surface area contributed by atoms with Gasteiger partial charge in [-0.25, -0.2) is 9.97 Å². The molecule has 46 heavy (non-hydrogen) atoms. The van der Waals surface area contributed by atoms with Gasteiger partial charge in [0, 0.05) is 36.9 Å². The minimum atomic E-state index is -2.22. The predicted octanol–water partition coefficient (Wildman–Crippen LogP) is 6.92. The lowest BCUT2D eigenvalue weighted by Crippen LogP contribution is -2.53. The van der Waals surface area contributed by atoms with Gasteiger partial charge in [0.2, 0.25) is 11.9 Å². The van der Waals surface area contributed by atoms with Crippen LogP contribution in [0.2, 0.25) is 23.2 Å². The summed E-state index contributed by atoms with van der Waals surface area (Å²) in [5.74, 6) is 0.0311. The van der Waals surface area contributed by atoms with E-state index in [4.69, 9.17) is 25.7 Å². The second-order valence-corrected chi connectivity index (χ2v) is 19.2. The summed E-state index contributed by atoms with van der Waals surface area (Å²) >= 11 is 6.58. The molecule has 0 radical (unpaired) electrons. The summed E-state index contributed by atoms with van der Waals surface area (Å²) in [6.45, 7) is 16.6. The lowest BCUT2D eigenvalue weighted by atomic mass is 10.0. The Balaban J connectivity index is 1.40. The Morgan fingerprint density at radius 1 is 1.17 bits per heavy atom. The van der Waals surface area contributed by atoms with Gasteiger partial charge in [-0.15, -0.1) is 0 Å². The van der Waals surface area contributed by atoms with Crippen molar-refractivity contribution in [2.75, 3.05) is 25.1 Å². The largest absolute Gasteiger partial charge is 0.414 e. The quantitative estimate of drug-likeness (QED) is 0.227. The average Bonchev–Trinajstić information content (AvgIpc) is 3.33. The third-order valence-electron chi connectivity index (χ3n) is 9.50. The molecular formula is C35H46ClN5O4Si. The Morgan fingerprint density at radius 3 is 2.61 bits per heavy atom. The van der Waals surface area contributed by atoms with E-state index in [-0.39, 0.29) is 35.5 Å². The van der Waals surface area contributed by atoms with Gasteiger partial charge >= 0.3 is 0 Å². The summed E-state index contributed by atoms with van der Waals surface area (Å²) in [6.07, 6.45) is 3.34. The summed E-state index contributed by atoms with van der Waals surface area (Å²) in [6, 6.07) is 12.9. The molecule has 1 unspecified atom stereocenters. The molecule has 2 aromatic carbocycles. The number of amides is 2. The molecule has 2 aliphatic rings. The number of carbonyl (C=O) groups excluding carboxylic acids is 2. The van der Waals surface area contributed by atoms with Crippen LogP contribution in [0.15, 0.2) is 48.7 Å². The van der Waals surface area contributed by atoms with Gasteiger partial charge in [0.15, 0.2) is 8.32 Å². The van der Waals surface area contributed by atoms with Gasteiger partial charge in [-0.1, -0.05) is 74.3 Å². The second-order valence-electron chi connectivity index (χ2n) is 14.0. The standard InChI is InChI=1S/C35H46ClN5O4Si/c1-22-9-8-10-24(17-22)23(2)38-32(42)30(21-45-46(6,7)35(3,4)5)41-20-26-12-11-25(18-28(26)33(41)43)31-29(36)19-37-34(40-31)39-27-13-15-44-16-14-27/h8-12,17-19,23,27,30H,13-16,20-21H2,1-7H3,(H,38,42)(H,37,39,40)/t23-,30?/m1/s1. The fraction of sp³-hybridized carbons (Fsp3) is 0.486. The first-order chi connectivity index (χ1) is 21.7. The highest BCUT2D eigenvalue weighted by Gasteiger charge is 2.42. The zero-order valence-corrected chi connectivity index (χ0v) is 29.7. The third kappa shape index (κ3) is 7.62. The van der Waals surface area contributed by atoms with Gasteiger partial charge in [-0.2, -0.15) is 0 Å². The number of aryl methyl sites for hydroxylation is 1.